The number of amides is 2. The second-order valence-electron chi connectivity index (χ2n) is 8.23. The van der Waals surface area contributed by atoms with Gasteiger partial charge in [-0.2, -0.15) is 0 Å². The molecular weight excluding hydrogens is 314 g/mol. The Morgan fingerprint density at radius 1 is 1.20 bits per heavy atom. The highest BCUT2D eigenvalue weighted by Crippen LogP contribution is 2.44. The first-order valence-corrected chi connectivity index (χ1v) is 9.24. The molecule has 5 nitrogen and oxygen atoms in total. The fraction of sp³-hybridized carbons (Fsp3) is 0.600. The molecule has 0 aromatic heterocycles. The van der Waals surface area contributed by atoms with Crippen LogP contribution in [-0.2, 0) is 9.59 Å². The minimum Gasteiger partial charge on any atom is -0.350 e. The van der Waals surface area contributed by atoms with Crippen molar-refractivity contribution < 1.29 is 9.59 Å². The van der Waals surface area contributed by atoms with E-state index in [0.29, 0.717) is 12.1 Å². The van der Waals surface area contributed by atoms with Crippen LogP contribution in [0.15, 0.2) is 30.3 Å². The van der Waals surface area contributed by atoms with Crippen molar-refractivity contribution in [2.45, 2.75) is 57.7 Å². The highest BCUT2D eigenvalue weighted by atomic mass is 16.2. The van der Waals surface area contributed by atoms with Gasteiger partial charge in [0.15, 0.2) is 0 Å². The van der Waals surface area contributed by atoms with Crippen molar-refractivity contribution in [3.8, 4) is 0 Å². The lowest BCUT2D eigenvalue weighted by molar-refractivity contribution is -0.129. The van der Waals surface area contributed by atoms with Crippen molar-refractivity contribution in [3.05, 3.63) is 35.9 Å². The van der Waals surface area contributed by atoms with Gasteiger partial charge in [0.25, 0.3) is 0 Å². The van der Waals surface area contributed by atoms with E-state index in [2.05, 4.69) is 39.8 Å². The summed E-state index contributed by atoms with van der Waals surface area (Å²) < 4.78 is 0. The predicted molar refractivity (Wildman–Crippen MR) is 97.9 cm³/mol. The summed E-state index contributed by atoms with van der Waals surface area (Å²) in [4.78, 5) is 27.2. The minimum absolute atomic E-state index is 0.0133. The van der Waals surface area contributed by atoms with Gasteiger partial charge in [-0.3, -0.25) is 14.5 Å². The smallest absolute Gasteiger partial charge is 0.239 e. The highest BCUT2D eigenvalue weighted by Gasteiger charge is 2.47. The number of rotatable bonds is 4. The van der Waals surface area contributed by atoms with Crippen LogP contribution >= 0.6 is 0 Å². The number of hydrogen-bond donors (Lipinski definition) is 2. The second-order valence-corrected chi connectivity index (χ2v) is 8.23. The molecule has 2 aliphatic heterocycles. The van der Waals surface area contributed by atoms with Crippen molar-refractivity contribution in [1.29, 1.82) is 0 Å². The van der Waals surface area contributed by atoms with Crippen LogP contribution in [0.3, 0.4) is 0 Å². The molecular formula is C20H29N3O2. The van der Waals surface area contributed by atoms with Crippen molar-refractivity contribution in [2.24, 2.45) is 5.92 Å². The van der Waals surface area contributed by atoms with Crippen molar-refractivity contribution >= 4 is 11.8 Å². The van der Waals surface area contributed by atoms with E-state index in [1.54, 1.807) is 0 Å². The molecule has 2 fully saturated rings. The summed E-state index contributed by atoms with van der Waals surface area (Å²) in [6.45, 7) is 6.91. The zero-order valence-electron chi connectivity index (χ0n) is 15.4. The molecule has 1 aromatic carbocycles. The summed E-state index contributed by atoms with van der Waals surface area (Å²) in [7, 11) is 0. The van der Waals surface area contributed by atoms with Crippen LogP contribution in [0.1, 0.15) is 51.6 Å². The molecule has 3 atom stereocenters. The summed E-state index contributed by atoms with van der Waals surface area (Å²) in [5.74, 6) is -0.156. The van der Waals surface area contributed by atoms with E-state index in [9.17, 15) is 9.59 Å². The van der Waals surface area contributed by atoms with Crippen molar-refractivity contribution in [1.82, 2.24) is 15.5 Å². The molecule has 0 bridgehead atoms. The van der Waals surface area contributed by atoms with Crippen LogP contribution in [0.2, 0.25) is 0 Å². The molecule has 2 aliphatic rings. The predicted octanol–water partition coefficient (Wildman–Crippen LogP) is 2.24. The molecule has 0 radical (unpaired) electrons. The van der Waals surface area contributed by atoms with Gasteiger partial charge in [-0.25, -0.2) is 0 Å². The maximum atomic E-state index is 12.7. The van der Waals surface area contributed by atoms with Gasteiger partial charge in [0.1, 0.15) is 0 Å². The highest BCUT2D eigenvalue weighted by molar-refractivity contribution is 5.86. The lowest BCUT2D eigenvalue weighted by Crippen LogP contribution is -2.47. The van der Waals surface area contributed by atoms with Gasteiger partial charge in [0, 0.05) is 17.6 Å². The quantitative estimate of drug-likeness (QED) is 0.881. The van der Waals surface area contributed by atoms with Crippen LogP contribution in [0, 0.1) is 5.92 Å². The fourth-order valence-corrected chi connectivity index (χ4v) is 4.21. The first kappa shape index (κ1) is 17.9. The number of nitrogens with zero attached hydrogens (tertiary/aromatic N) is 1. The minimum atomic E-state index is -0.282. The molecule has 1 aromatic rings. The maximum Gasteiger partial charge on any atom is 0.239 e. The Balaban J connectivity index is 1.62. The molecule has 2 heterocycles. The third kappa shape index (κ3) is 4.21. The maximum absolute atomic E-state index is 12.7. The van der Waals surface area contributed by atoms with Gasteiger partial charge in [-0.05, 0) is 52.1 Å². The Labute approximate surface area is 150 Å². The van der Waals surface area contributed by atoms with E-state index in [-0.39, 0.29) is 29.8 Å². The Bertz CT molecular complexity index is 624. The molecule has 0 aliphatic carbocycles. The molecule has 2 N–H and O–H groups in total. The molecule has 136 valence electrons. The lowest BCUT2D eigenvalue weighted by Gasteiger charge is -2.24. The number of nitrogens with one attached hydrogen (secondary N) is 2. The van der Waals surface area contributed by atoms with Crippen LogP contribution in [-0.4, -0.2) is 41.4 Å². The fourth-order valence-electron chi connectivity index (χ4n) is 4.21. The van der Waals surface area contributed by atoms with Crippen LogP contribution in [0.4, 0.5) is 0 Å². The molecule has 25 heavy (non-hydrogen) atoms. The van der Waals surface area contributed by atoms with Crippen molar-refractivity contribution in [3.63, 3.8) is 0 Å². The molecule has 0 unspecified atom stereocenters. The molecule has 2 amide bonds. The monoisotopic (exact) mass is 343 g/mol. The first-order chi connectivity index (χ1) is 11.8. The average Bonchev–Trinajstić information content (AvgIpc) is 3.14. The zero-order chi connectivity index (χ0) is 18.0. The van der Waals surface area contributed by atoms with Crippen LogP contribution in [0.5, 0.6) is 0 Å². The topological polar surface area (TPSA) is 61.4 Å². The second kappa shape index (κ2) is 7.16. The van der Waals surface area contributed by atoms with E-state index < -0.39 is 0 Å². The molecule has 0 saturated carbocycles. The Kier molecular flexibility index (Phi) is 5.13. The molecule has 5 heteroatoms. The lowest BCUT2D eigenvalue weighted by atomic mass is 9.93. The number of carbonyl (C=O) groups is 2. The number of hydrogen-bond acceptors (Lipinski definition) is 3. The SMILES string of the molecule is CC(C)(C)NC(=O)CNC(=O)[C@H]1C[C@@H](c2ccccc2)N2CCC[C@H]12. The first-order valence-electron chi connectivity index (χ1n) is 9.24. The molecule has 2 saturated heterocycles. The van der Waals surface area contributed by atoms with Gasteiger partial charge >= 0.3 is 0 Å². The normalized spacial score (nSPS) is 26.3. The van der Waals surface area contributed by atoms with Gasteiger partial charge in [0.05, 0.1) is 12.5 Å². The number of carbonyl (C=O) groups excluding carboxylic acids is 2. The van der Waals surface area contributed by atoms with E-state index >= 15 is 0 Å². The summed E-state index contributed by atoms with van der Waals surface area (Å²) in [5, 5.41) is 5.74. The van der Waals surface area contributed by atoms with E-state index in [1.807, 2.05) is 26.8 Å². The standard InChI is InChI=1S/C20H29N3O2/c1-20(2,3)22-18(24)13-21-19(25)15-12-17(14-8-5-4-6-9-14)23-11-7-10-16(15)23/h4-6,8-9,15-17H,7,10-13H2,1-3H3,(H,21,25)(H,22,24)/t15-,16+,17-/m0/s1. The van der Waals surface area contributed by atoms with Gasteiger partial charge < -0.3 is 10.6 Å². The number of benzene rings is 1. The Morgan fingerprint density at radius 3 is 2.60 bits per heavy atom. The Morgan fingerprint density at radius 2 is 1.92 bits per heavy atom. The van der Waals surface area contributed by atoms with Gasteiger partial charge in [0.2, 0.25) is 11.8 Å². The van der Waals surface area contributed by atoms with Crippen molar-refractivity contribution in [2.75, 3.05) is 13.1 Å². The average molecular weight is 343 g/mol. The Hall–Kier alpha value is -1.88. The van der Waals surface area contributed by atoms with Crippen LogP contribution in [0.25, 0.3) is 0 Å². The van der Waals surface area contributed by atoms with E-state index in [1.165, 1.54) is 5.56 Å². The van der Waals surface area contributed by atoms with Crippen LogP contribution < -0.4 is 10.6 Å². The summed E-state index contributed by atoms with van der Waals surface area (Å²) in [5.41, 5.74) is 1.01. The summed E-state index contributed by atoms with van der Waals surface area (Å²) >= 11 is 0. The van der Waals surface area contributed by atoms with E-state index in [0.717, 1.165) is 25.8 Å². The van der Waals surface area contributed by atoms with Gasteiger partial charge in [-0.15, -0.1) is 0 Å². The molecule has 0 spiro atoms. The van der Waals surface area contributed by atoms with Gasteiger partial charge in [-0.1, -0.05) is 30.3 Å². The number of fused-ring (bicyclic) bond motifs is 1. The molecule has 3 rings (SSSR count). The third-order valence-electron chi connectivity index (χ3n) is 5.14. The zero-order valence-corrected chi connectivity index (χ0v) is 15.4. The van der Waals surface area contributed by atoms with E-state index in [4.69, 9.17) is 0 Å². The largest absolute Gasteiger partial charge is 0.350 e. The third-order valence-corrected chi connectivity index (χ3v) is 5.14. The summed E-state index contributed by atoms with van der Waals surface area (Å²) in [6.07, 6.45) is 3.04. The summed E-state index contributed by atoms with van der Waals surface area (Å²) in [6, 6.07) is 11.1.